The highest BCUT2D eigenvalue weighted by Gasteiger charge is 2.15. The van der Waals surface area contributed by atoms with Gasteiger partial charge in [-0.3, -0.25) is 10.8 Å². The van der Waals surface area contributed by atoms with Crippen molar-refractivity contribution in [1.29, 1.82) is 0 Å². The van der Waals surface area contributed by atoms with E-state index < -0.39 is 17.7 Å². The molecule has 1 aromatic heterocycles. The zero-order valence-corrected chi connectivity index (χ0v) is 10.2. The number of rotatable bonds is 4. The summed E-state index contributed by atoms with van der Waals surface area (Å²) in [7, 11) is 1.37. The van der Waals surface area contributed by atoms with E-state index in [4.69, 9.17) is 10.6 Å². The fourth-order valence-corrected chi connectivity index (χ4v) is 1.83. The van der Waals surface area contributed by atoms with Gasteiger partial charge in [0, 0.05) is 6.20 Å². The molecule has 0 radical (unpaired) electrons. The molecule has 0 fully saturated rings. The molecule has 19 heavy (non-hydrogen) atoms. The number of hydrogen-bond acceptors (Lipinski definition) is 4. The molecule has 0 aliphatic carbocycles. The SMILES string of the molecule is COc1cc(C(NN)c2cncc(F)c2)ccc1F. The Kier molecular flexibility index (Phi) is 4.03. The molecule has 1 unspecified atom stereocenters. The Labute approximate surface area is 109 Å². The highest BCUT2D eigenvalue weighted by Crippen LogP contribution is 2.26. The van der Waals surface area contributed by atoms with Crippen molar-refractivity contribution in [3.63, 3.8) is 0 Å². The topological polar surface area (TPSA) is 60.2 Å². The van der Waals surface area contributed by atoms with Gasteiger partial charge in [-0.05, 0) is 29.3 Å². The summed E-state index contributed by atoms with van der Waals surface area (Å²) in [5.74, 6) is 4.64. The van der Waals surface area contributed by atoms with E-state index in [1.807, 2.05) is 0 Å². The minimum atomic E-state index is -0.502. The maximum absolute atomic E-state index is 13.4. The van der Waals surface area contributed by atoms with Crippen molar-refractivity contribution >= 4 is 0 Å². The lowest BCUT2D eigenvalue weighted by Crippen LogP contribution is -2.29. The van der Waals surface area contributed by atoms with Crippen molar-refractivity contribution in [3.05, 3.63) is 59.4 Å². The van der Waals surface area contributed by atoms with Crippen LogP contribution >= 0.6 is 0 Å². The molecule has 0 saturated carbocycles. The quantitative estimate of drug-likeness (QED) is 0.655. The number of nitrogens with zero attached hydrogens (tertiary/aromatic N) is 1. The lowest BCUT2D eigenvalue weighted by molar-refractivity contribution is 0.385. The van der Waals surface area contributed by atoms with E-state index in [0.717, 1.165) is 6.20 Å². The first-order valence-electron chi connectivity index (χ1n) is 5.55. The minimum Gasteiger partial charge on any atom is -0.494 e. The average molecular weight is 265 g/mol. The number of hydrazine groups is 1. The molecule has 2 rings (SSSR count). The van der Waals surface area contributed by atoms with E-state index in [1.165, 1.54) is 31.5 Å². The number of ether oxygens (including phenoxy) is 1. The third kappa shape index (κ3) is 2.86. The highest BCUT2D eigenvalue weighted by molar-refractivity contribution is 5.36. The first-order valence-corrected chi connectivity index (χ1v) is 5.55. The Hall–Kier alpha value is -2.05. The van der Waals surface area contributed by atoms with Gasteiger partial charge < -0.3 is 4.74 Å². The molecular weight excluding hydrogens is 252 g/mol. The Balaban J connectivity index is 2.42. The van der Waals surface area contributed by atoms with Gasteiger partial charge in [0.1, 0.15) is 5.82 Å². The van der Waals surface area contributed by atoms with Gasteiger partial charge in [0.05, 0.1) is 19.3 Å². The number of nitrogens with one attached hydrogen (secondary N) is 1. The third-order valence-electron chi connectivity index (χ3n) is 2.73. The van der Waals surface area contributed by atoms with Gasteiger partial charge in [-0.2, -0.15) is 0 Å². The van der Waals surface area contributed by atoms with Crippen molar-refractivity contribution in [2.24, 2.45) is 5.84 Å². The van der Waals surface area contributed by atoms with E-state index >= 15 is 0 Å². The lowest BCUT2D eigenvalue weighted by Gasteiger charge is -2.17. The summed E-state index contributed by atoms with van der Waals surface area (Å²) in [6, 6.07) is 5.13. The molecule has 0 amide bonds. The number of hydrogen-bond donors (Lipinski definition) is 2. The maximum atomic E-state index is 13.4. The third-order valence-corrected chi connectivity index (χ3v) is 2.73. The van der Waals surface area contributed by atoms with Crippen LogP contribution in [0.25, 0.3) is 0 Å². The van der Waals surface area contributed by atoms with Crippen molar-refractivity contribution in [2.75, 3.05) is 7.11 Å². The molecule has 0 aliphatic rings. The fourth-order valence-electron chi connectivity index (χ4n) is 1.83. The summed E-state index contributed by atoms with van der Waals surface area (Å²) in [5, 5.41) is 0. The number of aromatic nitrogens is 1. The molecule has 1 aromatic carbocycles. The Morgan fingerprint density at radius 2 is 2.00 bits per heavy atom. The van der Waals surface area contributed by atoms with E-state index in [2.05, 4.69) is 10.4 Å². The van der Waals surface area contributed by atoms with Crippen molar-refractivity contribution in [1.82, 2.24) is 10.4 Å². The van der Waals surface area contributed by atoms with Crippen LogP contribution in [-0.4, -0.2) is 12.1 Å². The molecular formula is C13H13F2N3O. The Morgan fingerprint density at radius 3 is 2.63 bits per heavy atom. The predicted molar refractivity (Wildman–Crippen MR) is 66.3 cm³/mol. The van der Waals surface area contributed by atoms with Crippen LogP contribution in [0.2, 0.25) is 0 Å². The van der Waals surface area contributed by atoms with Crippen molar-refractivity contribution in [3.8, 4) is 5.75 Å². The summed E-state index contributed by atoms with van der Waals surface area (Å²) in [6.07, 6.45) is 2.59. The van der Waals surface area contributed by atoms with Gasteiger partial charge in [0.2, 0.25) is 0 Å². The normalized spacial score (nSPS) is 12.2. The van der Waals surface area contributed by atoms with Crippen LogP contribution in [0.4, 0.5) is 8.78 Å². The zero-order chi connectivity index (χ0) is 13.8. The lowest BCUT2D eigenvalue weighted by atomic mass is 10.0. The molecule has 3 N–H and O–H groups in total. The number of benzene rings is 1. The summed E-state index contributed by atoms with van der Waals surface area (Å²) in [6.45, 7) is 0. The Bertz CT molecular complexity index is 578. The second-order valence-corrected chi connectivity index (χ2v) is 3.93. The van der Waals surface area contributed by atoms with Crippen LogP contribution in [0.15, 0.2) is 36.7 Å². The second-order valence-electron chi connectivity index (χ2n) is 3.93. The van der Waals surface area contributed by atoms with Crippen LogP contribution in [0, 0.1) is 11.6 Å². The smallest absolute Gasteiger partial charge is 0.165 e. The van der Waals surface area contributed by atoms with Crippen LogP contribution in [-0.2, 0) is 0 Å². The summed E-state index contributed by atoms with van der Waals surface area (Å²) < 4.78 is 31.4. The fraction of sp³-hybridized carbons (Fsp3) is 0.154. The van der Waals surface area contributed by atoms with Gasteiger partial charge in [-0.25, -0.2) is 14.2 Å². The molecule has 0 spiro atoms. The zero-order valence-electron chi connectivity index (χ0n) is 10.2. The van der Waals surface area contributed by atoms with E-state index in [9.17, 15) is 8.78 Å². The molecule has 100 valence electrons. The molecule has 6 heteroatoms. The Morgan fingerprint density at radius 1 is 1.21 bits per heavy atom. The standard InChI is InChI=1S/C13H13F2N3O/c1-19-12-5-8(2-3-11(12)15)13(18-16)9-4-10(14)7-17-6-9/h2-7,13,18H,16H2,1H3. The molecule has 0 aliphatic heterocycles. The second kappa shape index (κ2) is 5.73. The van der Waals surface area contributed by atoms with Gasteiger partial charge in [-0.15, -0.1) is 0 Å². The average Bonchev–Trinajstić information content (AvgIpc) is 2.41. The van der Waals surface area contributed by atoms with Gasteiger partial charge in [-0.1, -0.05) is 6.07 Å². The molecule has 1 heterocycles. The number of pyridine rings is 1. The molecule has 2 aromatic rings. The molecule has 4 nitrogen and oxygen atoms in total. The van der Waals surface area contributed by atoms with Gasteiger partial charge >= 0.3 is 0 Å². The van der Waals surface area contributed by atoms with E-state index in [-0.39, 0.29) is 5.75 Å². The summed E-state index contributed by atoms with van der Waals surface area (Å²) in [4.78, 5) is 3.76. The summed E-state index contributed by atoms with van der Waals surface area (Å²) >= 11 is 0. The van der Waals surface area contributed by atoms with Crippen molar-refractivity contribution < 1.29 is 13.5 Å². The first kappa shape index (κ1) is 13.4. The van der Waals surface area contributed by atoms with Gasteiger partial charge in [0.25, 0.3) is 0 Å². The van der Waals surface area contributed by atoms with Crippen LogP contribution in [0.3, 0.4) is 0 Å². The predicted octanol–water partition coefficient (Wildman–Crippen LogP) is 1.92. The summed E-state index contributed by atoms with van der Waals surface area (Å²) in [5.41, 5.74) is 3.73. The van der Waals surface area contributed by atoms with Crippen LogP contribution in [0.1, 0.15) is 17.2 Å². The first-order chi connectivity index (χ1) is 9.15. The number of nitrogens with two attached hydrogens (primary N) is 1. The van der Waals surface area contributed by atoms with E-state index in [1.54, 1.807) is 6.07 Å². The molecule has 0 saturated heterocycles. The monoisotopic (exact) mass is 265 g/mol. The highest BCUT2D eigenvalue weighted by atomic mass is 19.1. The van der Waals surface area contributed by atoms with Crippen LogP contribution < -0.4 is 16.0 Å². The van der Waals surface area contributed by atoms with E-state index in [0.29, 0.717) is 11.1 Å². The van der Waals surface area contributed by atoms with Crippen LogP contribution in [0.5, 0.6) is 5.75 Å². The minimum absolute atomic E-state index is 0.0992. The largest absolute Gasteiger partial charge is 0.494 e. The maximum Gasteiger partial charge on any atom is 0.165 e. The van der Waals surface area contributed by atoms with Gasteiger partial charge in [0.15, 0.2) is 11.6 Å². The molecule has 0 bridgehead atoms. The number of methoxy groups -OCH3 is 1. The number of halogens is 2. The van der Waals surface area contributed by atoms with Crippen molar-refractivity contribution in [2.45, 2.75) is 6.04 Å². The molecule has 1 atom stereocenters.